The number of carbonyl (C=O) groups excluding carboxylic acids is 2. The number of nitrogens with zero attached hydrogens (tertiary/aromatic N) is 2. The molecule has 0 aliphatic carbocycles. The second-order valence-electron chi connectivity index (χ2n) is 4.38. The van der Waals surface area contributed by atoms with Crippen molar-refractivity contribution in [2.75, 3.05) is 17.8 Å². The summed E-state index contributed by atoms with van der Waals surface area (Å²) in [5.41, 5.74) is 2.20. The van der Waals surface area contributed by atoms with Gasteiger partial charge in [-0.3, -0.25) is 14.4 Å². The normalized spacial score (nSPS) is 10.5. The lowest BCUT2D eigenvalue weighted by molar-refractivity contribution is -0.142. The summed E-state index contributed by atoms with van der Waals surface area (Å²) in [5, 5.41) is 4.96. The fourth-order valence-corrected chi connectivity index (χ4v) is 2.03. The van der Waals surface area contributed by atoms with Crippen molar-refractivity contribution in [3.8, 4) is 0 Å². The standard InChI is InChI=1S/C14H15N3O4S/c1-2-21-13(19)7-11-9-5-3-4-6-10(9)14(20)17(15-11)16-12(18)8-22/h3-6,22H,2,7-8H2,1H3,(H,16,18). The van der Waals surface area contributed by atoms with Crippen molar-refractivity contribution in [3.05, 3.63) is 40.3 Å². The second-order valence-corrected chi connectivity index (χ2v) is 4.70. The molecule has 1 aromatic heterocycles. The summed E-state index contributed by atoms with van der Waals surface area (Å²) in [6, 6.07) is 6.75. The Balaban J connectivity index is 2.53. The molecule has 0 aliphatic rings. The Labute approximate surface area is 131 Å². The summed E-state index contributed by atoms with van der Waals surface area (Å²) in [6.45, 7) is 1.96. The SMILES string of the molecule is CCOC(=O)Cc1nn(NC(=O)CS)c(=O)c2ccccc12. The van der Waals surface area contributed by atoms with Gasteiger partial charge in [0.05, 0.1) is 29.9 Å². The Morgan fingerprint density at radius 2 is 2.00 bits per heavy atom. The minimum absolute atomic E-state index is 0.0891. The zero-order valence-electron chi connectivity index (χ0n) is 11.9. The maximum Gasteiger partial charge on any atom is 0.311 e. The predicted octanol–water partition coefficient (Wildman–Crippen LogP) is 0.502. The van der Waals surface area contributed by atoms with Crippen LogP contribution < -0.4 is 11.0 Å². The highest BCUT2D eigenvalue weighted by Crippen LogP contribution is 2.13. The zero-order valence-corrected chi connectivity index (χ0v) is 12.8. The van der Waals surface area contributed by atoms with Gasteiger partial charge < -0.3 is 4.74 Å². The van der Waals surface area contributed by atoms with E-state index in [1.807, 2.05) is 0 Å². The van der Waals surface area contributed by atoms with Crippen molar-refractivity contribution in [1.82, 2.24) is 9.89 Å². The van der Waals surface area contributed by atoms with E-state index in [1.165, 1.54) is 0 Å². The van der Waals surface area contributed by atoms with Crippen molar-refractivity contribution in [3.63, 3.8) is 0 Å². The molecule has 7 nitrogen and oxygen atoms in total. The van der Waals surface area contributed by atoms with Crippen molar-refractivity contribution < 1.29 is 14.3 Å². The number of benzene rings is 1. The first-order valence-electron chi connectivity index (χ1n) is 6.64. The lowest BCUT2D eigenvalue weighted by atomic mass is 10.1. The lowest BCUT2D eigenvalue weighted by Crippen LogP contribution is -2.36. The molecule has 0 radical (unpaired) electrons. The van der Waals surface area contributed by atoms with Crippen LogP contribution in [0.3, 0.4) is 0 Å². The number of hydrogen-bond donors (Lipinski definition) is 2. The largest absolute Gasteiger partial charge is 0.466 e. The van der Waals surface area contributed by atoms with Gasteiger partial charge in [-0.15, -0.1) is 4.79 Å². The number of rotatable bonds is 5. The molecule has 0 fully saturated rings. The van der Waals surface area contributed by atoms with Gasteiger partial charge in [0, 0.05) is 5.39 Å². The first kappa shape index (κ1) is 16.0. The van der Waals surface area contributed by atoms with Crippen molar-refractivity contribution in [2.45, 2.75) is 13.3 Å². The van der Waals surface area contributed by atoms with E-state index in [9.17, 15) is 14.4 Å². The number of hydrogen-bond acceptors (Lipinski definition) is 6. The Hall–Kier alpha value is -2.35. The fourth-order valence-electron chi connectivity index (χ4n) is 1.96. The van der Waals surface area contributed by atoms with Crippen LogP contribution in [0, 0.1) is 0 Å². The average molecular weight is 321 g/mol. The molecule has 0 atom stereocenters. The predicted molar refractivity (Wildman–Crippen MR) is 84.6 cm³/mol. The molecule has 116 valence electrons. The van der Waals surface area contributed by atoms with Gasteiger partial charge in [-0.25, -0.2) is 5.43 Å². The minimum Gasteiger partial charge on any atom is -0.466 e. The quantitative estimate of drug-likeness (QED) is 0.618. The van der Waals surface area contributed by atoms with Gasteiger partial charge >= 0.3 is 5.97 Å². The van der Waals surface area contributed by atoms with Crippen LogP contribution >= 0.6 is 12.6 Å². The van der Waals surface area contributed by atoms with Crippen LogP contribution in [0.15, 0.2) is 29.1 Å². The van der Waals surface area contributed by atoms with Crippen LogP contribution in [0.25, 0.3) is 10.8 Å². The molecule has 8 heteroatoms. The molecule has 0 unspecified atom stereocenters. The zero-order chi connectivity index (χ0) is 16.1. The van der Waals surface area contributed by atoms with Crippen LogP contribution in [-0.2, 0) is 20.7 Å². The molecule has 1 N–H and O–H groups in total. The molecule has 0 saturated heterocycles. The number of aromatic nitrogens is 2. The molecule has 0 bridgehead atoms. The van der Waals surface area contributed by atoms with Gasteiger partial charge in [0.2, 0.25) is 5.91 Å². The summed E-state index contributed by atoms with van der Waals surface area (Å²) >= 11 is 3.83. The van der Waals surface area contributed by atoms with Crippen LogP contribution in [0.5, 0.6) is 0 Å². The molecule has 2 rings (SSSR count). The lowest BCUT2D eigenvalue weighted by Gasteiger charge is -2.11. The van der Waals surface area contributed by atoms with E-state index in [0.717, 1.165) is 4.79 Å². The number of nitrogens with one attached hydrogen (secondary N) is 1. The van der Waals surface area contributed by atoms with Gasteiger partial charge in [0.25, 0.3) is 5.56 Å². The number of esters is 1. The molecule has 0 saturated carbocycles. The van der Waals surface area contributed by atoms with Crippen LogP contribution in [0.4, 0.5) is 0 Å². The summed E-state index contributed by atoms with van der Waals surface area (Å²) < 4.78 is 4.90. The third-order valence-electron chi connectivity index (χ3n) is 2.87. The topological polar surface area (TPSA) is 90.3 Å². The number of ether oxygens (including phenoxy) is 1. The molecule has 0 spiro atoms. The van der Waals surface area contributed by atoms with Gasteiger partial charge in [-0.05, 0) is 13.0 Å². The van der Waals surface area contributed by atoms with Gasteiger partial charge in [-0.1, -0.05) is 18.2 Å². The molecule has 1 heterocycles. The monoisotopic (exact) mass is 321 g/mol. The van der Waals surface area contributed by atoms with Gasteiger partial charge in [0.15, 0.2) is 0 Å². The maximum atomic E-state index is 12.3. The first-order valence-corrected chi connectivity index (χ1v) is 7.27. The number of thiol groups is 1. The summed E-state index contributed by atoms with van der Waals surface area (Å²) in [7, 11) is 0. The average Bonchev–Trinajstić information content (AvgIpc) is 2.52. The third-order valence-corrected chi connectivity index (χ3v) is 3.16. The molecule has 1 aromatic carbocycles. The maximum absolute atomic E-state index is 12.3. The summed E-state index contributed by atoms with van der Waals surface area (Å²) in [5.74, 6) is -1.02. The Kier molecular flexibility index (Phi) is 5.16. The van der Waals surface area contributed by atoms with E-state index in [4.69, 9.17) is 4.74 Å². The van der Waals surface area contributed by atoms with Crippen molar-refractivity contribution in [1.29, 1.82) is 0 Å². The Bertz CT molecular complexity index is 772. The Morgan fingerprint density at radius 3 is 2.64 bits per heavy atom. The molecular weight excluding hydrogens is 306 g/mol. The van der Waals surface area contributed by atoms with E-state index in [-0.39, 0.29) is 18.8 Å². The molecule has 2 aromatic rings. The Morgan fingerprint density at radius 1 is 1.32 bits per heavy atom. The summed E-state index contributed by atoms with van der Waals surface area (Å²) in [4.78, 5) is 36.2. The fraction of sp³-hybridized carbons (Fsp3) is 0.286. The number of amides is 1. The van der Waals surface area contributed by atoms with E-state index in [1.54, 1.807) is 31.2 Å². The van der Waals surface area contributed by atoms with Crippen LogP contribution in [0.1, 0.15) is 12.6 Å². The van der Waals surface area contributed by atoms with Crippen LogP contribution in [-0.4, -0.2) is 34.1 Å². The molecular formula is C14H15N3O4S. The van der Waals surface area contributed by atoms with Crippen molar-refractivity contribution >= 4 is 35.3 Å². The minimum atomic E-state index is -0.477. The van der Waals surface area contributed by atoms with E-state index >= 15 is 0 Å². The highest BCUT2D eigenvalue weighted by atomic mass is 32.1. The van der Waals surface area contributed by atoms with Gasteiger partial charge in [-0.2, -0.15) is 17.7 Å². The van der Waals surface area contributed by atoms with E-state index < -0.39 is 17.4 Å². The first-order chi connectivity index (χ1) is 10.6. The van der Waals surface area contributed by atoms with Crippen LogP contribution in [0.2, 0.25) is 0 Å². The second kappa shape index (κ2) is 7.08. The molecule has 0 aliphatic heterocycles. The smallest absolute Gasteiger partial charge is 0.311 e. The van der Waals surface area contributed by atoms with Crippen molar-refractivity contribution in [2.24, 2.45) is 0 Å². The highest BCUT2D eigenvalue weighted by molar-refractivity contribution is 7.81. The third kappa shape index (κ3) is 3.45. The van der Waals surface area contributed by atoms with E-state index in [0.29, 0.717) is 16.5 Å². The summed E-state index contributed by atoms with van der Waals surface area (Å²) in [6.07, 6.45) is -0.0919. The highest BCUT2D eigenvalue weighted by Gasteiger charge is 2.15. The number of fused-ring (bicyclic) bond motifs is 1. The number of carbonyl (C=O) groups is 2. The van der Waals surface area contributed by atoms with Gasteiger partial charge in [0.1, 0.15) is 0 Å². The molecule has 1 amide bonds. The van der Waals surface area contributed by atoms with E-state index in [2.05, 4.69) is 23.2 Å². The molecule has 22 heavy (non-hydrogen) atoms.